The largest absolute Gasteiger partial charge is 0.507 e. The summed E-state index contributed by atoms with van der Waals surface area (Å²) in [6, 6.07) is 7.24. The highest BCUT2D eigenvalue weighted by Gasteiger charge is 2.15. The van der Waals surface area contributed by atoms with Crippen LogP contribution in [-0.2, 0) is 0 Å². The van der Waals surface area contributed by atoms with Gasteiger partial charge in [-0.05, 0) is 38.0 Å². The molecule has 3 N–H and O–H groups in total. The van der Waals surface area contributed by atoms with Gasteiger partial charge in [0.15, 0.2) is 11.5 Å². The molecule has 0 aliphatic rings. The van der Waals surface area contributed by atoms with E-state index in [1.165, 1.54) is 6.07 Å². The lowest BCUT2D eigenvalue weighted by Gasteiger charge is -2.13. The number of aromatic hydroxyl groups is 3. The van der Waals surface area contributed by atoms with Gasteiger partial charge < -0.3 is 15.3 Å². The van der Waals surface area contributed by atoms with Crippen LogP contribution in [0.1, 0.15) is 16.7 Å². The molecule has 0 atom stereocenters. The van der Waals surface area contributed by atoms with E-state index in [1.807, 2.05) is 32.0 Å². The molecule has 0 aromatic heterocycles. The molecule has 0 aliphatic carbocycles. The summed E-state index contributed by atoms with van der Waals surface area (Å²) in [5, 5.41) is 29.3. The van der Waals surface area contributed by atoms with Crippen LogP contribution in [0.3, 0.4) is 0 Å². The zero-order chi connectivity index (χ0) is 13.4. The van der Waals surface area contributed by atoms with Crippen molar-refractivity contribution >= 4 is 0 Å². The Morgan fingerprint density at radius 1 is 0.778 bits per heavy atom. The summed E-state index contributed by atoms with van der Waals surface area (Å²) in [7, 11) is 0. The molecule has 0 heterocycles. The molecule has 94 valence electrons. The van der Waals surface area contributed by atoms with Crippen LogP contribution in [0.15, 0.2) is 24.3 Å². The molecule has 0 spiro atoms. The van der Waals surface area contributed by atoms with E-state index in [0.29, 0.717) is 5.56 Å². The van der Waals surface area contributed by atoms with Gasteiger partial charge in [0.05, 0.1) is 0 Å². The van der Waals surface area contributed by atoms with Crippen molar-refractivity contribution in [3.05, 3.63) is 41.0 Å². The van der Waals surface area contributed by atoms with Crippen molar-refractivity contribution in [2.45, 2.75) is 20.8 Å². The monoisotopic (exact) mass is 244 g/mol. The molecule has 18 heavy (non-hydrogen) atoms. The lowest BCUT2D eigenvalue weighted by Crippen LogP contribution is -1.88. The van der Waals surface area contributed by atoms with Gasteiger partial charge in [-0.1, -0.05) is 23.8 Å². The summed E-state index contributed by atoms with van der Waals surface area (Å²) >= 11 is 0. The second kappa shape index (κ2) is 4.26. The molecule has 2 aromatic carbocycles. The molecule has 0 bridgehead atoms. The van der Waals surface area contributed by atoms with E-state index in [-0.39, 0.29) is 22.8 Å². The quantitative estimate of drug-likeness (QED) is 0.532. The third-order valence-electron chi connectivity index (χ3n) is 3.16. The van der Waals surface area contributed by atoms with E-state index in [9.17, 15) is 15.3 Å². The fourth-order valence-electron chi connectivity index (χ4n) is 2.10. The summed E-state index contributed by atoms with van der Waals surface area (Å²) in [5.74, 6) is -0.501. The minimum Gasteiger partial charge on any atom is -0.507 e. The molecular weight excluding hydrogens is 228 g/mol. The predicted octanol–water partition coefficient (Wildman–Crippen LogP) is 3.40. The van der Waals surface area contributed by atoms with E-state index in [0.717, 1.165) is 16.7 Å². The molecule has 3 heteroatoms. The van der Waals surface area contributed by atoms with Crippen molar-refractivity contribution in [1.82, 2.24) is 0 Å². The van der Waals surface area contributed by atoms with E-state index in [1.54, 1.807) is 6.92 Å². The topological polar surface area (TPSA) is 60.7 Å². The minimum atomic E-state index is -0.277. The average molecular weight is 244 g/mol. The van der Waals surface area contributed by atoms with Gasteiger partial charge >= 0.3 is 0 Å². The highest BCUT2D eigenvalue weighted by molar-refractivity contribution is 5.78. The summed E-state index contributed by atoms with van der Waals surface area (Å²) in [6.07, 6.45) is 0. The number of phenols is 3. The first-order chi connectivity index (χ1) is 8.41. The van der Waals surface area contributed by atoms with Crippen LogP contribution < -0.4 is 0 Å². The van der Waals surface area contributed by atoms with Crippen molar-refractivity contribution in [1.29, 1.82) is 0 Å². The van der Waals surface area contributed by atoms with Crippen molar-refractivity contribution in [3.8, 4) is 28.4 Å². The maximum Gasteiger partial charge on any atom is 0.164 e. The third-order valence-corrected chi connectivity index (χ3v) is 3.16. The summed E-state index contributed by atoms with van der Waals surface area (Å²) in [6.45, 7) is 5.51. The molecule has 2 aromatic rings. The Kier molecular flexibility index (Phi) is 2.91. The molecule has 2 rings (SSSR count). The Balaban J connectivity index is 2.72. The molecule has 0 amide bonds. The normalized spacial score (nSPS) is 10.6. The number of aryl methyl sites for hydroxylation is 2. The van der Waals surface area contributed by atoms with Crippen LogP contribution in [0.4, 0.5) is 0 Å². The molecule has 0 fully saturated rings. The van der Waals surface area contributed by atoms with Crippen molar-refractivity contribution in [2.24, 2.45) is 0 Å². The molecular formula is C15H16O3. The Labute approximate surface area is 106 Å². The number of rotatable bonds is 1. The molecule has 0 unspecified atom stereocenters. The molecule has 3 nitrogen and oxygen atoms in total. The van der Waals surface area contributed by atoms with Crippen molar-refractivity contribution < 1.29 is 15.3 Å². The summed E-state index contributed by atoms with van der Waals surface area (Å²) < 4.78 is 0. The predicted molar refractivity (Wildman–Crippen MR) is 71.1 cm³/mol. The highest BCUT2D eigenvalue weighted by Crippen LogP contribution is 2.43. The lowest BCUT2D eigenvalue weighted by atomic mass is 9.96. The number of hydrogen-bond donors (Lipinski definition) is 3. The summed E-state index contributed by atoms with van der Waals surface area (Å²) in [5.41, 5.74) is 3.80. The third kappa shape index (κ3) is 1.88. The van der Waals surface area contributed by atoms with Crippen molar-refractivity contribution in [3.63, 3.8) is 0 Å². The maximum atomic E-state index is 10.1. The fraction of sp³-hybridized carbons (Fsp3) is 0.200. The van der Waals surface area contributed by atoms with Gasteiger partial charge in [0.25, 0.3) is 0 Å². The SMILES string of the molecule is Cc1ccc(-c2cc(O)c(O)c(C)c2O)c(C)c1. The first-order valence-corrected chi connectivity index (χ1v) is 5.74. The number of hydrogen-bond acceptors (Lipinski definition) is 3. The molecule has 0 radical (unpaired) electrons. The van der Waals surface area contributed by atoms with E-state index in [2.05, 4.69) is 0 Å². The van der Waals surface area contributed by atoms with Gasteiger partial charge in [0, 0.05) is 11.1 Å². The zero-order valence-electron chi connectivity index (χ0n) is 10.7. The van der Waals surface area contributed by atoms with Gasteiger partial charge in [-0.15, -0.1) is 0 Å². The van der Waals surface area contributed by atoms with Gasteiger partial charge in [-0.2, -0.15) is 0 Å². The maximum absolute atomic E-state index is 10.1. The highest BCUT2D eigenvalue weighted by atomic mass is 16.3. The number of benzene rings is 2. The van der Waals surface area contributed by atoms with Gasteiger partial charge in [0.2, 0.25) is 0 Å². The van der Waals surface area contributed by atoms with Crippen LogP contribution in [0.25, 0.3) is 11.1 Å². The lowest BCUT2D eigenvalue weighted by molar-refractivity contribution is 0.393. The van der Waals surface area contributed by atoms with Crippen LogP contribution in [0.2, 0.25) is 0 Å². The second-order valence-electron chi connectivity index (χ2n) is 4.58. The smallest absolute Gasteiger partial charge is 0.164 e. The molecule has 0 saturated heterocycles. The van der Waals surface area contributed by atoms with Crippen LogP contribution >= 0.6 is 0 Å². The van der Waals surface area contributed by atoms with E-state index < -0.39 is 0 Å². The second-order valence-corrected chi connectivity index (χ2v) is 4.58. The average Bonchev–Trinajstić information content (AvgIpc) is 2.32. The molecule has 0 aliphatic heterocycles. The van der Waals surface area contributed by atoms with Gasteiger partial charge in [0.1, 0.15) is 5.75 Å². The summed E-state index contributed by atoms with van der Waals surface area (Å²) in [4.78, 5) is 0. The van der Waals surface area contributed by atoms with Crippen LogP contribution in [-0.4, -0.2) is 15.3 Å². The van der Waals surface area contributed by atoms with E-state index in [4.69, 9.17) is 0 Å². The minimum absolute atomic E-state index is 0.00254. The fourth-order valence-corrected chi connectivity index (χ4v) is 2.10. The Bertz CT molecular complexity index is 616. The molecule has 0 saturated carbocycles. The van der Waals surface area contributed by atoms with E-state index >= 15 is 0 Å². The first-order valence-electron chi connectivity index (χ1n) is 5.74. The zero-order valence-corrected chi connectivity index (χ0v) is 10.7. The number of phenolic OH excluding ortho intramolecular Hbond substituents is 3. The van der Waals surface area contributed by atoms with Gasteiger partial charge in [-0.3, -0.25) is 0 Å². The Morgan fingerprint density at radius 2 is 1.44 bits per heavy atom. The Morgan fingerprint density at radius 3 is 2.06 bits per heavy atom. The van der Waals surface area contributed by atoms with Crippen molar-refractivity contribution in [2.75, 3.05) is 0 Å². The van der Waals surface area contributed by atoms with Gasteiger partial charge in [-0.25, -0.2) is 0 Å². The standard InChI is InChI=1S/C15H16O3/c1-8-4-5-11(9(2)6-8)12-7-13(16)15(18)10(3)14(12)17/h4-7,16-18H,1-3H3. The Hall–Kier alpha value is -2.16. The van der Waals surface area contributed by atoms with Crippen LogP contribution in [0.5, 0.6) is 17.2 Å². The first kappa shape index (κ1) is 12.3. The van der Waals surface area contributed by atoms with Crippen LogP contribution in [0, 0.1) is 20.8 Å².